The SMILES string of the molecule is CCCC(CN)NS(=O)(=O)CCc1ccccc1. The summed E-state index contributed by atoms with van der Waals surface area (Å²) >= 11 is 0. The van der Waals surface area contributed by atoms with Gasteiger partial charge in [-0.25, -0.2) is 13.1 Å². The zero-order valence-corrected chi connectivity index (χ0v) is 11.6. The molecule has 0 spiro atoms. The molecule has 102 valence electrons. The third-order valence-corrected chi connectivity index (χ3v) is 4.20. The van der Waals surface area contributed by atoms with E-state index in [-0.39, 0.29) is 11.8 Å². The average Bonchev–Trinajstić information content (AvgIpc) is 2.37. The molecule has 1 aromatic rings. The van der Waals surface area contributed by atoms with Gasteiger partial charge in [-0.3, -0.25) is 0 Å². The molecule has 1 rings (SSSR count). The molecule has 3 N–H and O–H groups in total. The molecule has 0 bridgehead atoms. The molecule has 1 aromatic carbocycles. The maximum Gasteiger partial charge on any atom is 0.212 e. The van der Waals surface area contributed by atoms with Crippen molar-refractivity contribution in [1.82, 2.24) is 4.72 Å². The molecular weight excluding hydrogens is 248 g/mol. The summed E-state index contributed by atoms with van der Waals surface area (Å²) < 4.78 is 26.4. The Morgan fingerprint density at radius 3 is 2.50 bits per heavy atom. The summed E-state index contributed by atoms with van der Waals surface area (Å²) in [5, 5.41) is 0. The second kappa shape index (κ2) is 7.51. The third-order valence-electron chi connectivity index (χ3n) is 2.77. The lowest BCUT2D eigenvalue weighted by molar-refractivity contribution is 0.527. The molecule has 0 saturated heterocycles. The van der Waals surface area contributed by atoms with Crippen LogP contribution < -0.4 is 10.5 Å². The molecule has 0 fully saturated rings. The van der Waals surface area contributed by atoms with Gasteiger partial charge in [0.1, 0.15) is 0 Å². The molecule has 18 heavy (non-hydrogen) atoms. The maximum atomic E-state index is 11.9. The predicted octanol–water partition coefficient (Wildman–Crippen LogP) is 1.28. The molecule has 1 atom stereocenters. The van der Waals surface area contributed by atoms with Gasteiger partial charge in [-0.1, -0.05) is 43.7 Å². The fraction of sp³-hybridized carbons (Fsp3) is 0.538. The molecule has 5 heteroatoms. The molecule has 0 heterocycles. The lowest BCUT2D eigenvalue weighted by atomic mass is 10.2. The standard InChI is InChI=1S/C13H22N2O2S/c1-2-6-13(11-14)15-18(16,17)10-9-12-7-4-3-5-8-12/h3-5,7-8,13,15H,2,6,9-11,14H2,1H3. The van der Waals surface area contributed by atoms with Crippen LogP contribution in [0.4, 0.5) is 0 Å². The van der Waals surface area contributed by atoms with Crippen LogP contribution in [0.25, 0.3) is 0 Å². The van der Waals surface area contributed by atoms with E-state index in [1.807, 2.05) is 37.3 Å². The van der Waals surface area contributed by atoms with Crippen molar-refractivity contribution >= 4 is 10.0 Å². The van der Waals surface area contributed by atoms with Crippen molar-refractivity contribution in [2.24, 2.45) is 5.73 Å². The van der Waals surface area contributed by atoms with Crippen molar-refractivity contribution in [3.8, 4) is 0 Å². The van der Waals surface area contributed by atoms with Gasteiger partial charge in [0.05, 0.1) is 5.75 Å². The van der Waals surface area contributed by atoms with Crippen LogP contribution >= 0.6 is 0 Å². The molecule has 4 nitrogen and oxygen atoms in total. The zero-order valence-electron chi connectivity index (χ0n) is 10.8. The maximum absolute atomic E-state index is 11.9. The van der Waals surface area contributed by atoms with E-state index >= 15 is 0 Å². The highest BCUT2D eigenvalue weighted by Crippen LogP contribution is 2.03. The number of rotatable bonds is 8. The number of sulfonamides is 1. The molecule has 0 aromatic heterocycles. The van der Waals surface area contributed by atoms with E-state index in [0.29, 0.717) is 13.0 Å². The van der Waals surface area contributed by atoms with E-state index in [1.165, 1.54) is 0 Å². The molecule has 0 aliphatic rings. The normalized spacial score (nSPS) is 13.4. The number of hydrogen-bond donors (Lipinski definition) is 2. The first-order valence-electron chi connectivity index (χ1n) is 6.31. The zero-order chi connectivity index (χ0) is 13.4. The molecule has 0 aliphatic carbocycles. The smallest absolute Gasteiger partial charge is 0.212 e. The Kier molecular flexibility index (Phi) is 6.32. The van der Waals surface area contributed by atoms with E-state index in [0.717, 1.165) is 18.4 Å². The minimum absolute atomic E-state index is 0.108. The summed E-state index contributed by atoms with van der Waals surface area (Å²) in [5.74, 6) is 0.108. The van der Waals surface area contributed by atoms with Crippen LogP contribution in [0.1, 0.15) is 25.3 Å². The Morgan fingerprint density at radius 1 is 1.28 bits per heavy atom. The fourth-order valence-corrected chi connectivity index (χ4v) is 3.13. The van der Waals surface area contributed by atoms with Gasteiger partial charge in [0.25, 0.3) is 0 Å². The minimum atomic E-state index is -3.24. The van der Waals surface area contributed by atoms with Gasteiger partial charge in [0, 0.05) is 12.6 Å². The van der Waals surface area contributed by atoms with Crippen molar-refractivity contribution in [3.63, 3.8) is 0 Å². The number of benzene rings is 1. The quantitative estimate of drug-likeness (QED) is 0.747. The van der Waals surface area contributed by atoms with Gasteiger partial charge in [-0.15, -0.1) is 0 Å². The van der Waals surface area contributed by atoms with E-state index in [1.54, 1.807) is 0 Å². The molecule has 0 saturated carbocycles. The lowest BCUT2D eigenvalue weighted by Crippen LogP contribution is -2.41. The number of nitrogens with one attached hydrogen (secondary N) is 1. The van der Waals surface area contributed by atoms with Gasteiger partial charge in [-0.2, -0.15) is 0 Å². The second-order valence-electron chi connectivity index (χ2n) is 4.39. The van der Waals surface area contributed by atoms with E-state index < -0.39 is 10.0 Å². The first-order chi connectivity index (χ1) is 8.57. The van der Waals surface area contributed by atoms with Crippen molar-refractivity contribution in [2.75, 3.05) is 12.3 Å². The Morgan fingerprint density at radius 2 is 1.94 bits per heavy atom. The Hall–Kier alpha value is -0.910. The fourth-order valence-electron chi connectivity index (χ4n) is 1.78. The largest absolute Gasteiger partial charge is 0.329 e. The van der Waals surface area contributed by atoms with Gasteiger partial charge in [0.2, 0.25) is 10.0 Å². The monoisotopic (exact) mass is 270 g/mol. The van der Waals surface area contributed by atoms with Crippen molar-refractivity contribution < 1.29 is 8.42 Å². The first-order valence-corrected chi connectivity index (χ1v) is 7.96. The van der Waals surface area contributed by atoms with Crippen LogP contribution in [-0.2, 0) is 16.4 Å². The third kappa shape index (κ3) is 5.62. The summed E-state index contributed by atoms with van der Waals surface area (Å²) in [7, 11) is -3.24. The van der Waals surface area contributed by atoms with Crippen molar-refractivity contribution in [3.05, 3.63) is 35.9 Å². The Labute approximate surface area is 110 Å². The molecule has 0 amide bonds. The molecule has 1 unspecified atom stereocenters. The van der Waals surface area contributed by atoms with Crippen molar-refractivity contribution in [1.29, 1.82) is 0 Å². The first kappa shape index (κ1) is 15.1. The average molecular weight is 270 g/mol. The summed E-state index contributed by atoms with van der Waals surface area (Å²) in [6.45, 7) is 2.36. The van der Waals surface area contributed by atoms with Crippen LogP contribution in [0.5, 0.6) is 0 Å². The highest BCUT2D eigenvalue weighted by molar-refractivity contribution is 7.89. The number of hydrogen-bond acceptors (Lipinski definition) is 3. The summed E-state index contributed by atoms with van der Waals surface area (Å²) in [4.78, 5) is 0. The molecular formula is C13H22N2O2S. The summed E-state index contributed by atoms with van der Waals surface area (Å²) in [5.41, 5.74) is 6.58. The van der Waals surface area contributed by atoms with E-state index in [9.17, 15) is 8.42 Å². The van der Waals surface area contributed by atoms with Crippen LogP contribution in [0, 0.1) is 0 Å². The summed E-state index contributed by atoms with van der Waals surface area (Å²) in [6, 6.07) is 9.46. The summed E-state index contributed by atoms with van der Waals surface area (Å²) in [6.07, 6.45) is 2.23. The van der Waals surface area contributed by atoms with E-state index in [4.69, 9.17) is 5.73 Å². The highest BCUT2D eigenvalue weighted by Gasteiger charge is 2.15. The van der Waals surface area contributed by atoms with Gasteiger partial charge in [-0.05, 0) is 18.4 Å². The highest BCUT2D eigenvalue weighted by atomic mass is 32.2. The van der Waals surface area contributed by atoms with Crippen LogP contribution in [0.3, 0.4) is 0 Å². The number of nitrogens with two attached hydrogens (primary N) is 1. The van der Waals surface area contributed by atoms with Crippen LogP contribution in [-0.4, -0.2) is 26.8 Å². The molecule has 0 radical (unpaired) electrons. The van der Waals surface area contributed by atoms with Crippen LogP contribution in [0.15, 0.2) is 30.3 Å². The Bertz CT molecular complexity index is 432. The van der Waals surface area contributed by atoms with Gasteiger partial charge in [0.15, 0.2) is 0 Å². The predicted molar refractivity (Wildman–Crippen MR) is 74.8 cm³/mol. The number of aryl methyl sites for hydroxylation is 1. The Balaban J connectivity index is 2.49. The minimum Gasteiger partial charge on any atom is -0.329 e. The van der Waals surface area contributed by atoms with Crippen LogP contribution in [0.2, 0.25) is 0 Å². The topological polar surface area (TPSA) is 72.2 Å². The molecule has 0 aliphatic heterocycles. The van der Waals surface area contributed by atoms with Gasteiger partial charge >= 0.3 is 0 Å². The van der Waals surface area contributed by atoms with E-state index in [2.05, 4.69) is 4.72 Å². The van der Waals surface area contributed by atoms with Crippen molar-refractivity contribution in [2.45, 2.75) is 32.2 Å². The second-order valence-corrected chi connectivity index (χ2v) is 6.27. The lowest BCUT2D eigenvalue weighted by Gasteiger charge is -2.16. The van der Waals surface area contributed by atoms with Gasteiger partial charge < -0.3 is 5.73 Å².